The molecule has 4 aromatic rings. The van der Waals surface area contributed by atoms with Crippen LogP contribution in [0.3, 0.4) is 0 Å². The molecule has 1 aliphatic rings. The first kappa shape index (κ1) is 36.0. The normalized spacial score (nSPS) is 13.8. The zero-order chi connectivity index (χ0) is 35.0. The number of anilines is 1. The van der Waals surface area contributed by atoms with E-state index in [-0.39, 0.29) is 46.3 Å². The molecule has 0 heterocycles. The summed E-state index contributed by atoms with van der Waals surface area (Å²) >= 11 is 12.6. The number of halogens is 2. The Morgan fingerprint density at radius 3 is 2.14 bits per heavy atom. The zero-order valence-electron chi connectivity index (χ0n) is 27.4. The lowest BCUT2D eigenvalue weighted by molar-refractivity contribution is -0.140. The van der Waals surface area contributed by atoms with Crippen molar-refractivity contribution in [2.75, 3.05) is 25.1 Å². The summed E-state index contributed by atoms with van der Waals surface area (Å²) in [5.41, 5.74) is 1.55. The minimum atomic E-state index is -4.34. The first-order chi connectivity index (χ1) is 23.6. The quantitative estimate of drug-likeness (QED) is 0.152. The van der Waals surface area contributed by atoms with Crippen LogP contribution in [0.25, 0.3) is 0 Å². The summed E-state index contributed by atoms with van der Waals surface area (Å²) in [7, 11) is -1.46. The maximum Gasteiger partial charge on any atom is 0.264 e. The molecule has 2 amide bonds. The Kier molecular flexibility index (Phi) is 12.1. The first-order valence-corrected chi connectivity index (χ1v) is 18.2. The van der Waals surface area contributed by atoms with Crippen LogP contribution in [0.5, 0.6) is 11.5 Å². The van der Waals surface area contributed by atoms with E-state index in [1.165, 1.54) is 37.3 Å². The second-order valence-electron chi connectivity index (χ2n) is 11.8. The number of hydrogen-bond acceptors (Lipinski definition) is 6. The van der Waals surface area contributed by atoms with Crippen molar-refractivity contribution in [2.45, 2.75) is 55.6 Å². The minimum absolute atomic E-state index is 0.0105. The second-order valence-corrected chi connectivity index (χ2v) is 14.5. The first-order valence-electron chi connectivity index (χ1n) is 16.0. The molecule has 1 unspecified atom stereocenters. The van der Waals surface area contributed by atoms with E-state index in [9.17, 15) is 18.0 Å². The van der Waals surface area contributed by atoms with E-state index in [0.29, 0.717) is 16.3 Å². The Labute approximate surface area is 297 Å². The second kappa shape index (κ2) is 16.4. The summed E-state index contributed by atoms with van der Waals surface area (Å²) in [5.74, 6) is -0.357. The fourth-order valence-electron chi connectivity index (χ4n) is 5.98. The van der Waals surface area contributed by atoms with Crippen LogP contribution in [-0.4, -0.2) is 58.0 Å². The Morgan fingerprint density at radius 1 is 0.837 bits per heavy atom. The van der Waals surface area contributed by atoms with Crippen LogP contribution in [0.15, 0.2) is 102 Å². The molecule has 0 spiro atoms. The highest BCUT2D eigenvalue weighted by atomic mass is 35.5. The number of nitrogens with one attached hydrogen (secondary N) is 1. The predicted octanol–water partition coefficient (Wildman–Crippen LogP) is 6.90. The summed E-state index contributed by atoms with van der Waals surface area (Å²) < 4.78 is 40.8. The van der Waals surface area contributed by atoms with Crippen molar-refractivity contribution in [3.8, 4) is 11.5 Å². The van der Waals surface area contributed by atoms with Crippen LogP contribution in [0.1, 0.15) is 36.8 Å². The van der Waals surface area contributed by atoms with Crippen LogP contribution in [0.4, 0.5) is 5.69 Å². The number of nitrogens with zero attached hydrogens (tertiary/aromatic N) is 2. The number of hydrogen-bond donors (Lipinski definition) is 1. The van der Waals surface area contributed by atoms with Gasteiger partial charge in [-0.25, -0.2) is 8.42 Å². The van der Waals surface area contributed by atoms with Gasteiger partial charge in [0.1, 0.15) is 24.1 Å². The molecule has 1 saturated carbocycles. The number of carbonyl (C=O) groups excluding carboxylic acids is 2. The Morgan fingerprint density at radius 2 is 1.51 bits per heavy atom. The van der Waals surface area contributed by atoms with Crippen molar-refractivity contribution in [1.82, 2.24) is 10.2 Å². The molecule has 0 saturated heterocycles. The van der Waals surface area contributed by atoms with Gasteiger partial charge in [0.15, 0.2) is 0 Å². The number of ether oxygens (including phenoxy) is 2. The molecular formula is C37H39Cl2N3O6S. The lowest BCUT2D eigenvalue weighted by Gasteiger charge is -2.34. The monoisotopic (exact) mass is 723 g/mol. The van der Waals surface area contributed by atoms with Crippen molar-refractivity contribution in [1.29, 1.82) is 0 Å². The molecule has 1 atom stereocenters. The molecule has 1 N–H and O–H groups in total. The molecule has 12 heteroatoms. The number of carbonyl (C=O) groups is 2. The Balaban J connectivity index is 1.62. The van der Waals surface area contributed by atoms with Gasteiger partial charge in [-0.2, -0.15) is 0 Å². The van der Waals surface area contributed by atoms with Crippen LogP contribution >= 0.6 is 23.2 Å². The van der Waals surface area contributed by atoms with Gasteiger partial charge in [-0.15, -0.1) is 0 Å². The van der Waals surface area contributed by atoms with Crippen molar-refractivity contribution in [3.05, 3.63) is 118 Å². The minimum Gasteiger partial charge on any atom is -0.497 e. The molecular weight excluding hydrogens is 685 g/mol. The SMILES string of the molecule is COc1ccc(OC)c(N(CC(=O)N(Cc2ccc(Cl)c(Cl)c2)C(Cc2ccccc2)C(=O)NC2CCCC2)S(=O)(=O)c2ccccc2)c1. The van der Waals surface area contributed by atoms with E-state index >= 15 is 0 Å². The number of methoxy groups -OCH3 is 2. The summed E-state index contributed by atoms with van der Waals surface area (Å²) in [5, 5.41) is 3.80. The van der Waals surface area contributed by atoms with E-state index in [1.54, 1.807) is 48.5 Å². The van der Waals surface area contributed by atoms with Crippen LogP contribution in [0, 0.1) is 0 Å². The van der Waals surface area contributed by atoms with Gasteiger partial charge < -0.3 is 19.7 Å². The van der Waals surface area contributed by atoms with Crippen molar-refractivity contribution < 1.29 is 27.5 Å². The molecule has 1 fully saturated rings. The third kappa shape index (κ3) is 8.86. The molecule has 4 aromatic carbocycles. The topological polar surface area (TPSA) is 105 Å². The standard InChI is InChI=1S/C37H39Cl2N3O6S/c1-47-29-18-20-35(48-2)33(23-29)42(49(45,46)30-15-7-4-8-16-30)25-36(43)41(24-27-17-19-31(38)32(39)21-27)34(22-26-11-5-3-6-12-26)37(44)40-28-13-9-10-14-28/h3-8,11-12,15-21,23,28,34H,9-10,13-14,22,24-25H2,1-2H3,(H,40,44). The van der Waals surface area contributed by atoms with Gasteiger partial charge in [0.2, 0.25) is 11.8 Å². The molecule has 0 aliphatic heterocycles. The third-order valence-electron chi connectivity index (χ3n) is 8.57. The van der Waals surface area contributed by atoms with Gasteiger partial charge in [-0.3, -0.25) is 13.9 Å². The fourth-order valence-corrected chi connectivity index (χ4v) is 7.74. The molecule has 49 heavy (non-hydrogen) atoms. The number of sulfonamides is 1. The highest BCUT2D eigenvalue weighted by Gasteiger charge is 2.36. The Bertz CT molecular complexity index is 1850. The molecule has 1 aliphatic carbocycles. The predicted molar refractivity (Wildman–Crippen MR) is 192 cm³/mol. The Hall–Kier alpha value is -4.25. The average Bonchev–Trinajstić information content (AvgIpc) is 3.63. The van der Waals surface area contributed by atoms with Gasteiger partial charge in [-0.1, -0.05) is 90.6 Å². The maximum atomic E-state index is 14.8. The van der Waals surface area contributed by atoms with Gasteiger partial charge in [0.05, 0.1) is 34.8 Å². The van der Waals surface area contributed by atoms with E-state index in [1.807, 2.05) is 30.3 Å². The molecule has 258 valence electrons. The van der Waals surface area contributed by atoms with E-state index in [2.05, 4.69) is 5.32 Å². The molecule has 0 radical (unpaired) electrons. The van der Waals surface area contributed by atoms with Crippen LogP contribution in [-0.2, 0) is 32.6 Å². The van der Waals surface area contributed by atoms with E-state index < -0.39 is 28.5 Å². The van der Waals surface area contributed by atoms with Crippen molar-refractivity contribution in [3.63, 3.8) is 0 Å². The average molecular weight is 725 g/mol. The number of amides is 2. The lowest BCUT2D eigenvalue weighted by atomic mass is 10.0. The summed E-state index contributed by atoms with van der Waals surface area (Å²) in [4.78, 5) is 30.4. The molecule has 5 rings (SSSR count). The van der Waals surface area contributed by atoms with Gasteiger partial charge in [0, 0.05) is 25.1 Å². The summed E-state index contributed by atoms with van der Waals surface area (Å²) in [6.07, 6.45) is 3.91. The molecule has 0 bridgehead atoms. The third-order valence-corrected chi connectivity index (χ3v) is 11.1. The maximum absolute atomic E-state index is 14.8. The van der Waals surface area contributed by atoms with Gasteiger partial charge >= 0.3 is 0 Å². The number of rotatable bonds is 14. The molecule has 9 nitrogen and oxygen atoms in total. The zero-order valence-corrected chi connectivity index (χ0v) is 29.7. The van der Waals surface area contributed by atoms with Gasteiger partial charge in [-0.05, 0) is 60.4 Å². The van der Waals surface area contributed by atoms with Crippen molar-refractivity contribution in [2.24, 2.45) is 0 Å². The van der Waals surface area contributed by atoms with Crippen LogP contribution < -0.4 is 19.1 Å². The largest absolute Gasteiger partial charge is 0.497 e. The summed E-state index contributed by atoms with van der Waals surface area (Å²) in [6.45, 7) is -0.691. The molecule has 0 aromatic heterocycles. The van der Waals surface area contributed by atoms with E-state index in [0.717, 1.165) is 35.6 Å². The van der Waals surface area contributed by atoms with Gasteiger partial charge in [0.25, 0.3) is 10.0 Å². The number of benzene rings is 4. The highest BCUT2D eigenvalue weighted by Crippen LogP contribution is 2.36. The highest BCUT2D eigenvalue weighted by molar-refractivity contribution is 7.92. The summed E-state index contributed by atoms with van der Waals surface area (Å²) in [6, 6.07) is 26.0. The van der Waals surface area contributed by atoms with Crippen molar-refractivity contribution >= 4 is 50.7 Å². The fraction of sp³-hybridized carbons (Fsp3) is 0.297. The lowest BCUT2D eigenvalue weighted by Crippen LogP contribution is -2.54. The van der Waals surface area contributed by atoms with Crippen LogP contribution in [0.2, 0.25) is 10.0 Å². The smallest absolute Gasteiger partial charge is 0.264 e. The van der Waals surface area contributed by atoms with E-state index in [4.69, 9.17) is 32.7 Å².